The van der Waals surface area contributed by atoms with Crippen molar-refractivity contribution in [2.24, 2.45) is 11.7 Å². The van der Waals surface area contributed by atoms with E-state index in [9.17, 15) is 13.2 Å². The minimum absolute atomic E-state index is 0. The third-order valence-electron chi connectivity index (χ3n) is 3.49. The molecule has 1 atom stereocenters. The fraction of sp³-hybridized carbons (Fsp3) is 0.588. The van der Waals surface area contributed by atoms with E-state index in [2.05, 4.69) is 23.9 Å². The second kappa shape index (κ2) is 12.1. The SMILES string of the molecule is CCOc1ccc(S(=O)(=O)NCCC(=O)NC(CN)CC(C)C)cc1.Cl. The highest BCUT2D eigenvalue weighted by Crippen LogP contribution is 2.15. The second-order valence-corrected chi connectivity index (χ2v) is 7.95. The molecule has 0 fully saturated rings. The highest BCUT2D eigenvalue weighted by atomic mass is 35.5. The molecule has 0 aliphatic heterocycles. The van der Waals surface area contributed by atoms with Crippen molar-refractivity contribution in [3.05, 3.63) is 24.3 Å². The number of halogens is 1. The van der Waals surface area contributed by atoms with Gasteiger partial charge in [0.15, 0.2) is 0 Å². The first-order valence-corrected chi connectivity index (χ1v) is 9.98. The van der Waals surface area contributed by atoms with Gasteiger partial charge < -0.3 is 15.8 Å². The van der Waals surface area contributed by atoms with Gasteiger partial charge in [0.1, 0.15) is 5.75 Å². The molecule has 0 heterocycles. The molecule has 1 amide bonds. The molecular weight excluding hydrogens is 378 g/mol. The summed E-state index contributed by atoms with van der Waals surface area (Å²) < 4.78 is 32.1. The van der Waals surface area contributed by atoms with Crippen molar-refractivity contribution in [2.45, 2.75) is 44.6 Å². The number of nitrogens with two attached hydrogens (primary N) is 1. The lowest BCUT2D eigenvalue weighted by Crippen LogP contribution is -2.42. The van der Waals surface area contributed by atoms with Gasteiger partial charge in [-0.25, -0.2) is 13.1 Å². The Labute approximate surface area is 162 Å². The van der Waals surface area contributed by atoms with Crippen LogP contribution in [0.5, 0.6) is 5.75 Å². The maximum atomic E-state index is 12.2. The average Bonchev–Trinajstić information content (AvgIpc) is 2.54. The third-order valence-corrected chi connectivity index (χ3v) is 4.97. The lowest BCUT2D eigenvalue weighted by atomic mass is 10.0. The van der Waals surface area contributed by atoms with E-state index in [1.807, 2.05) is 6.92 Å². The molecule has 150 valence electrons. The van der Waals surface area contributed by atoms with Crippen LogP contribution in [0.2, 0.25) is 0 Å². The monoisotopic (exact) mass is 407 g/mol. The Bertz CT molecular complexity index is 636. The summed E-state index contributed by atoms with van der Waals surface area (Å²) in [5.74, 6) is 0.816. The van der Waals surface area contributed by atoms with Crippen LogP contribution in [0.1, 0.15) is 33.6 Å². The smallest absolute Gasteiger partial charge is 0.240 e. The highest BCUT2D eigenvalue weighted by molar-refractivity contribution is 7.89. The molecule has 0 saturated carbocycles. The summed E-state index contributed by atoms with van der Waals surface area (Å²) in [6.45, 7) is 6.87. The van der Waals surface area contributed by atoms with E-state index in [1.54, 1.807) is 12.1 Å². The summed E-state index contributed by atoms with van der Waals surface area (Å²) in [7, 11) is -3.65. The Kier molecular flexibility index (Phi) is 11.5. The van der Waals surface area contributed by atoms with Crippen LogP contribution in [0.25, 0.3) is 0 Å². The first-order valence-electron chi connectivity index (χ1n) is 8.50. The van der Waals surface area contributed by atoms with E-state index in [4.69, 9.17) is 10.5 Å². The van der Waals surface area contributed by atoms with E-state index in [0.29, 0.717) is 24.8 Å². The van der Waals surface area contributed by atoms with Crippen LogP contribution in [0, 0.1) is 5.92 Å². The molecule has 26 heavy (non-hydrogen) atoms. The van der Waals surface area contributed by atoms with Crippen molar-refractivity contribution in [3.63, 3.8) is 0 Å². The van der Waals surface area contributed by atoms with Gasteiger partial charge >= 0.3 is 0 Å². The zero-order valence-electron chi connectivity index (χ0n) is 15.5. The van der Waals surface area contributed by atoms with Crippen LogP contribution >= 0.6 is 12.4 Å². The number of hydrogen-bond acceptors (Lipinski definition) is 5. The maximum absolute atomic E-state index is 12.2. The molecular formula is C17H30ClN3O4S. The standard InChI is InChI=1S/C17H29N3O4S.ClH/c1-4-24-15-5-7-16(8-6-15)25(22,23)19-10-9-17(21)20-14(12-18)11-13(2)3;/h5-8,13-14,19H,4,9-12,18H2,1-3H3,(H,20,21);1H. The van der Waals surface area contributed by atoms with Crippen molar-refractivity contribution in [1.29, 1.82) is 0 Å². The van der Waals surface area contributed by atoms with Gasteiger partial charge in [-0.05, 0) is 43.5 Å². The summed E-state index contributed by atoms with van der Waals surface area (Å²) >= 11 is 0. The van der Waals surface area contributed by atoms with Gasteiger partial charge in [-0.1, -0.05) is 13.8 Å². The zero-order valence-corrected chi connectivity index (χ0v) is 17.2. The molecule has 9 heteroatoms. The molecule has 0 bridgehead atoms. The summed E-state index contributed by atoms with van der Waals surface area (Å²) in [5.41, 5.74) is 5.64. The van der Waals surface area contributed by atoms with Gasteiger partial charge in [0.2, 0.25) is 15.9 Å². The van der Waals surface area contributed by atoms with Crippen molar-refractivity contribution in [1.82, 2.24) is 10.0 Å². The molecule has 4 N–H and O–H groups in total. The van der Waals surface area contributed by atoms with Gasteiger partial charge in [-0.2, -0.15) is 0 Å². The quantitative estimate of drug-likeness (QED) is 0.516. The number of rotatable bonds is 11. The molecule has 0 aliphatic carbocycles. The predicted molar refractivity (Wildman–Crippen MR) is 105 cm³/mol. The number of amides is 1. The van der Waals surface area contributed by atoms with Crippen molar-refractivity contribution in [3.8, 4) is 5.75 Å². The first kappa shape index (κ1) is 24.7. The molecule has 1 unspecified atom stereocenters. The molecule has 1 rings (SSSR count). The van der Waals surface area contributed by atoms with Crippen LogP contribution < -0.4 is 20.5 Å². The molecule has 1 aromatic rings. The van der Waals surface area contributed by atoms with Crippen LogP contribution in [-0.4, -0.2) is 40.1 Å². The number of hydrogen-bond donors (Lipinski definition) is 3. The molecule has 0 radical (unpaired) electrons. The molecule has 0 aliphatic rings. The van der Waals surface area contributed by atoms with E-state index in [1.165, 1.54) is 12.1 Å². The normalized spacial score (nSPS) is 12.3. The Morgan fingerprint density at radius 2 is 1.85 bits per heavy atom. The number of carbonyl (C=O) groups excluding carboxylic acids is 1. The van der Waals surface area contributed by atoms with Crippen molar-refractivity contribution in [2.75, 3.05) is 19.7 Å². The minimum atomic E-state index is -3.65. The number of ether oxygens (including phenoxy) is 1. The maximum Gasteiger partial charge on any atom is 0.240 e. The molecule has 7 nitrogen and oxygen atoms in total. The Balaban J connectivity index is 0.00000625. The van der Waals surface area contributed by atoms with E-state index >= 15 is 0 Å². The van der Waals surface area contributed by atoms with E-state index in [-0.39, 0.29) is 42.2 Å². The van der Waals surface area contributed by atoms with Crippen LogP contribution in [-0.2, 0) is 14.8 Å². The predicted octanol–water partition coefficient (Wildman–Crippen LogP) is 1.67. The average molecular weight is 408 g/mol. The molecule has 0 aromatic heterocycles. The van der Waals surface area contributed by atoms with Crippen molar-refractivity contribution >= 4 is 28.3 Å². The number of carbonyl (C=O) groups is 1. The van der Waals surface area contributed by atoms with Crippen LogP contribution in [0.3, 0.4) is 0 Å². The number of benzene rings is 1. The van der Waals surface area contributed by atoms with Gasteiger partial charge in [-0.15, -0.1) is 12.4 Å². The number of nitrogens with one attached hydrogen (secondary N) is 2. The van der Waals surface area contributed by atoms with E-state index in [0.717, 1.165) is 6.42 Å². The van der Waals surface area contributed by atoms with Crippen LogP contribution in [0.15, 0.2) is 29.2 Å². The number of sulfonamides is 1. The van der Waals surface area contributed by atoms with Gasteiger partial charge in [0, 0.05) is 25.6 Å². The minimum Gasteiger partial charge on any atom is -0.494 e. The lowest BCUT2D eigenvalue weighted by molar-refractivity contribution is -0.121. The molecule has 0 spiro atoms. The van der Waals surface area contributed by atoms with Gasteiger partial charge in [0.25, 0.3) is 0 Å². The Hall–Kier alpha value is -1.35. The molecule has 0 saturated heterocycles. The highest BCUT2D eigenvalue weighted by Gasteiger charge is 2.16. The van der Waals surface area contributed by atoms with Crippen LogP contribution in [0.4, 0.5) is 0 Å². The summed E-state index contributed by atoms with van der Waals surface area (Å²) in [6, 6.07) is 6.06. The first-order chi connectivity index (χ1) is 11.8. The van der Waals surface area contributed by atoms with Gasteiger partial charge in [-0.3, -0.25) is 4.79 Å². The molecule has 1 aromatic carbocycles. The Morgan fingerprint density at radius 1 is 1.23 bits per heavy atom. The third kappa shape index (κ3) is 8.84. The van der Waals surface area contributed by atoms with Gasteiger partial charge in [0.05, 0.1) is 11.5 Å². The topological polar surface area (TPSA) is 111 Å². The summed E-state index contributed by atoms with van der Waals surface area (Å²) in [5, 5.41) is 2.83. The summed E-state index contributed by atoms with van der Waals surface area (Å²) in [6.07, 6.45) is 0.852. The summed E-state index contributed by atoms with van der Waals surface area (Å²) in [4.78, 5) is 12.0. The largest absolute Gasteiger partial charge is 0.494 e. The zero-order chi connectivity index (χ0) is 18.9. The van der Waals surface area contributed by atoms with Crippen molar-refractivity contribution < 1.29 is 17.9 Å². The Morgan fingerprint density at radius 3 is 2.35 bits per heavy atom. The fourth-order valence-corrected chi connectivity index (χ4v) is 3.38. The lowest BCUT2D eigenvalue weighted by Gasteiger charge is -2.18. The van der Waals surface area contributed by atoms with E-state index < -0.39 is 10.0 Å². The fourth-order valence-electron chi connectivity index (χ4n) is 2.35. The second-order valence-electron chi connectivity index (χ2n) is 6.18.